The third kappa shape index (κ3) is 4.27. The molecule has 6 heteroatoms. The molecule has 0 aromatic carbocycles. The molecule has 0 spiro atoms. The maximum Gasteiger partial charge on any atom is 0.401 e. The molecule has 98 valence electrons. The van der Waals surface area contributed by atoms with Gasteiger partial charge in [0.25, 0.3) is 0 Å². The fourth-order valence-electron chi connectivity index (χ4n) is 1.77. The van der Waals surface area contributed by atoms with Crippen LogP contribution < -0.4 is 0 Å². The molecule has 0 radical (unpaired) electrons. The highest BCUT2D eigenvalue weighted by Crippen LogP contribution is 2.26. The molecule has 0 unspecified atom stereocenters. The lowest BCUT2D eigenvalue weighted by molar-refractivity contribution is -0.147. The first-order valence-corrected chi connectivity index (χ1v) is 6.50. The van der Waals surface area contributed by atoms with E-state index in [1.54, 1.807) is 0 Å². The Kier molecular flexibility index (Phi) is 4.94. The van der Waals surface area contributed by atoms with Crippen molar-refractivity contribution in [1.82, 2.24) is 9.88 Å². The van der Waals surface area contributed by atoms with Crippen molar-refractivity contribution in [2.75, 3.05) is 13.1 Å². The van der Waals surface area contributed by atoms with Crippen LogP contribution in [0.5, 0.6) is 0 Å². The fraction of sp³-hybridized carbons (Fsp3) is 0.727. The summed E-state index contributed by atoms with van der Waals surface area (Å²) in [5, 5.41) is 0.939. The van der Waals surface area contributed by atoms with E-state index in [-0.39, 0.29) is 0 Å². The molecule has 0 N–H and O–H groups in total. The van der Waals surface area contributed by atoms with Crippen molar-refractivity contribution in [2.24, 2.45) is 0 Å². The van der Waals surface area contributed by atoms with E-state index < -0.39 is 12.7 Å². The van der Waals surface area contributed by atoms with Crippen molar-refractivity contribution in [2.45, 2.75) is 39.9 Å². The van der Waals surface area contributed by atoms with E-state index in [1.165, 1.54) is 16.2 Å². The summed E-state index contributed by atoms with van der Waals surface area (Å²) in [5.74, 6) is 0. The molecule has 2 rings (SSSR count). The molecular formula is C11H17F3N2S. The molecule has 2 heterocycles. The lowest BCUT2D eigenvalue weighted by Crippen LogP contribution is -2.37. The van der Waals surface area contributed by atoms with Gasteiger partial charge >= 0.3 is 6.18 Å². The van der Waals surface area contributed by atoms with Crippen LogP contribution in [0.3, 0.4) is 0 Å². The van der Waals surface area contributed by atoms with Gasteiger partial charge in [-0.25, -0.2) is 4.98 Å². The zero-order valence-electron chi connectivity index (χ0n) is 10.3. The summed E-state index contributed by atoms with van der Waals surface area (Å²) >= 11 is 1.50. The first-order chi connectivity index (χ1) is 7.94. The lowest BCUT2D eigenvalue weighted by Gasteiger charge is -2.26. The third-order valence-corrected chi connectivity index (χ3v) is 3.32. The van der Waals surface area contributed by atoms with E-state index >= 15 is 0 Å². The quantitative estimate of drug-likeness (QED) is 0.774. The number of alkyl halides is 3. The standard InChI is InChI=1S/C9H11F3N2S.C2H6/c1-6-13-7-2-3-14(4-8(7)15-6)5-9(10,11)12;1-2/h2-5H2,1H3;1-2H3. The van der Waals surface area contributed by atoms with Gasteiger partial charge in [-0.15, -0.1) is 11.3 Å². The van der Waals surface area contributed by atoms with E-state index in [2.05, 4.69) is 4.98 Å². The summed E-state index contributed by atoms with van der Waals surface area (Å²) < 4.78 is 36.5. The maximum absolute atomic E-state index is 12.2. The Morgan fingerprint density at radius 2 is 2.00 bits per heavy atom. The zero-order chi connectivity index (χ0) is 13.1. The molecule has 0 saturated heterocycles. The zero-order valence-corrected chi connectivity index (χ0v) is 11.1. The van der Waals surface area contributed by atoms with Gasteiger partial charge in [-0.2, -0.15) is 13.2 Å². The Balaban J connectivity index is 0.000000686. The highest BCUT2D eigenvalue weighted by atomic mass is 32.1. The van der Waals surface area contributed by atoms with E-state index in [0.717, 1.165) is 15.6 Å². The number of hydrogen-bond donors (Lipinski definition) is 0. The second-order valence-corrected chi connectivity index (χ2v) is 4.97. The summed E-state index contributed by atoms with van der Waals surface area (Å²) in [5.41, 5.74) is 0.982. The first kappa shape index (κ1) is 14.4. The van der Waals surface area contributed by atoms with Crippen LogP contribution in [0.25, 0.3) is 0 Å². The van der Waals surface area contributed by atoms with E-state index in [4.69, 9.17) is 0 Å². The SMILES string of the molecule is CC.Cc1nc2c(s1)CN(CC(F)(F)F)CC2. The van der Waals surface area contributed by atoms with Gasteiger partial charge in [0, 0.05) is 24.4 Å². The molecule has 1 aliphatic rings. The second-order valence-electron chi connectivity index (χ2n) is 3.68. The summed E-state index contributed by atoms with van der Waals surface area (Å²) in [6, 6.07) is 0. The number of halogens is 3. The molecule has 0 aliphatic carbocycles. The van der Waals surface area contributed by atoms with Crippen molar-refractivity contribution in [3.05, 3.63) is 15.6 Å². The molecular weight excluding hydrogens is 249 g/mol. The van der Waals surface area contributed by atoms with Crippen molar-refractivity contribution in [3.8, 4) is 0 Å². The highest BCUT2D eigenvalue weighted by molar-refractivity contribution is 7.11. The summed E-state index contributed by atoms with van der Waals surface area (Å²) in [6.07, 6.45) is -3.47. The van der Waals surface area contributed by atoms with Gasteiger partial charge < -0.3 is 0 Å². The summed E-state index contributed by atoms with van der Waals surface area (Å²) in [6.45, 7) is 5.91. The molecule has 0 atom stereocenters. The Morgan fingerprint density at radius 3 is 2.59 bits per heavy atom. The number of thiazole rings is 1. The topological polar surface area (TPSA) is 16.1 Å². The minimum absolute atomic E-state index is 0.389. The van der Waals surface area contributed by atoms with Gasteiger partial charge in [0.1, 0.15) is 0 Å². The van der Waals surface area contributed by atoms with Crippen LogP contribution in [-0.4, -0.2) is 29.1 Å². The average molecular weight is 266 g/mol. The first-order valence-electron chi connectivity index (χ1n) is 5.68. The highest BCUT2D eigenvalue weighted by Gasteiger charge is 2.32. The van der Waals surface area contributed by atoms with Gasteiger partial charge in [0.2, 0.25) is 0 Å². The molecule has 0 fully saturated rings. The summed E-state index contributed by atoms with van der Waals surface area (Å²) in [7, 11) is 0. The van der Waals surface area contributed by atoms with Crippen molar-refractivity contribution >= 4 is 11.3 Å². The smallest absolute Gasteiger partial charge is 0.289 e. The number of rotatable bonds is 1. The van der Waals surface area contributed by atoms with Crippen LogP contribution in [0.1, 0.15) is 29.4 Å². The maximum atomic E-state index is 12.2. The molecule has 1 aliphatic heterocycles. The molecule has 1 aromatic rings. The Hall–Kier alpha value is -0.620. The number of fused-ring (bicyclic) bond motifs is 1. The monoisotopic (exact) mass is 266 g/mol. The molecule has 1 aromatic heterocycles. The van der Waals surface area contributed by atoms with Gasteiger partial charge in [-0.1, -0.05) is 13.8 Å². The van der Waals surface area contributed by atoms with Crippen LogP contribution in [0, 0.1) is 6.92 Å². The Morgan fingerprint density at radius 1 is 1.35 bits per heavy atom. The molecule has 0 saturated carbocycles. The molecule has 0 amide bonds. The largest absolute Gasteiger partial charge is 0.401 e. The average Bonchev–Trinajstić information content (AvgIpc) is 2.58. The van der Waals surface area contributed by atoms with Crippen LogP contribution in [-0.2, 0) is 13.0 Å². The predicted octanol–water partition coefficient (Wildman–Crippen LogP) is 3.40. The van der Waals surface area contributed by atoms with Gasteiger partial charge in [0.05, 0.1) is 17.2 Å². The number of hydrogen-bond acceptors (Lipinski definition) is 3. The number of nitrogens with zero attached hydrogens (tertiary/aromatic N) is 2. The van der Waals surface area contributed by atoms with Crippen LogP contribution in [0.15, 0.2) is 0 Å². The van der Waals surface area contributed by atoms with E-state index in [1.807, 2.05) is 20.8 Å². The van der Waals surface area contributed by atoms with E-state index in [0.29, 0.717) is 19.5 Å². The van der Waals surface area contributed by atoms with Crippen LogP contribution in [0.4, 0.5) is 13.2 Å². The normalized spacial score (nSPS) is 16.1. The van der Waals surface area contributed by atoms with Crippen molar-refractivity contribution in [3.63, 3.8) is 0 Å². The van der Waals surface area contributed by atoms with Gasteiger partial charge in [-0.05, 0) is 6.92 Å². The molecule has 0 bridgehead atoms. The molecule has 2 nitrogen and oxygen atoms in total. The fourth-order valence-corrected chi connectivity index (χ4v) is 2.79. The lowest BCUT2D eigenvalue weighted by atomic mass is 10.2. The Labute approximate surface area is 103 Å². The minimum Gasteiger partial charge on any atom is -0.289 e. The van der Waals surface area contributed by atoms with Crippen LogP contribution >= 0.6 is 11.3 Å². The Bertz CT molecular complexity index is 360. The predicted molar refractivity (Wildman–Crippen MR) is 63.2 cm³/mol. The van der Waals surface area contributed by atoms with Gasteiger partial charge in [-0.3, -0.25) is 4.90 Å². The van der Waals surface area contributed by atoms with Crippen molar-refractivity contribution < 1.29 is 13.2 Å². The number of aryl methyl sites for hydroxylation is 1. The second kappa shape index (κ2) is 5.82. The minimum atomic E-state index is -4.10. The summed E-state index contributed by atoms with van der Waals surface area (Å²) in [4.78, 5) is 6.71. The van der Waals surface area contributed by atoms with Gasteiger partial charge in [0.15, 0.2) is 0 Å². The van der Waals surface area contributed by atoms with E-state index in [9.17, 15) is 13.2 Å². The van der Waals surface area contributed by atoms with Crippen molar-refractivity contribution in [1.29, 1.82) is 0 Å². The molecule has 17 heavy (non-hydrogen) atoms. The number of aromatic nitrogens is 1. The van der Waals surface area contributed by atoms with Crippen LogP contribution in [0.2, 0.25) is 0 Å². The third-order valence-electron chi connectivity index (χ3n) is 2.32.